The van der Waals surface area contributed by atoms with Crippen LogP contribution in [0.25, 0.3) is 10.4 Å². The first-order valence-electron chi connectivity index (χ1n) is 11.6. The summed E-state index contributed by atoms with van der Waals surface area (Å²) >= 11 is 7.45. The molecule has 0 aliphatic rings. The summed E-state index contributed by atoms with van der Waals surface area (Å²) < 4.78 is 29.0. The largest absolute Gasteiger partial charge is 0.332 e. The van der Waals surface area contributed by atoms with Gasteiger partial charge < -0.3 is 5.32 Å². The van der Waals surface area contributed by atoms with Crippen LogP contribution in [0.2, 0.25) is 5.02 Å². The van der Waals surface area contributed by atoms with Crippen LogP contribution in [0.5, 0.6) is 0 Å². The highest BCUT2D eigenvalue weighted by Gasteiger charge is 2.25. The summed E-state index contributed by atoms with van der Waals surface area (Å²) in [7, 11) is -3.74. The molecule has 0 atom stereocenters. The molecule has 186 valence electrons. The van der Waals surface area contributed by atoms with Gasteiger partial charge in [-0.3, -0.25) is 0 Å². The molecule has 0 saturated carbocycles. The Morgan fingerprint density at radius 2 is 1.32 bits per heavy atom. The van der Waals surface area contributed by atoms with Crippen molar-refractivity contribution in [2.45, 2.75) is 18.0 Å². The Morgan fingerprint density at radius 1 is 0.757 bits per heavy atom. The van der Waals surface area contributed by atoms with E-state index in [1.807, 2.05) is 97.1 Å². The predicted molar refractivity (Wildman–Crippen MR) is 152 cm³/mol. The number of nitrogens with one attached hydrogen (secondary N) is 1. The van der Waals surface area contributed by atoms with Crippen molar-refractivity contribution in [3.05, 3.63) is 132 Å². The van der Waals surface area contributed by atoms with Crippen molar-refractivity contribution >= 4 is 43.8 Å². The minimum Gasteiger partial charge on any atom is -0.332 e. The van der Waals surface area contributed by atoms with E-state index in [2.05, 4.69) is 10.3 Å². The van der Waals surface area contributed by atoms with Crippen molar-refractivity contribution in [3.63, 3.8) is 0 Å². The number of nitrogens with zero attached hydrogens (tertiary/aromatic N) is 2. The Bertz CT molecular complexity index is 1510. The lowest BCUT2D eigenvalue weighted by atomic mass is 10.2. The van der Waals surface area contributed by atoms with Gasteiger partial charge in [-0.25, -0.2) is 13.4 Å². The molecule has 0 unspecified atom stereocenters. The highest BCUT2D eigenvalue weighted by atomic mass is 35.5. The molecule has 0 aliphatic carbocycles. The van der Waals surface area contributed by atoms with Gasteiger partial charge >= 0.3 is 0 Å². The minimum atomic E-state index is -3.74. The van der Waals surface area contributed by atoms with Crippen LogP contribution >= 0.6 is 22.9 Å². The van der Waals surface area contributed by atoms with Crippen LogP contribution in [-0.2, 0) is 23.1 Å². The van der Waals surface area contributed by atoms with Gasteiger partial charge in [0, 0.05) is 30.0 Å². The zero-order chi connectivity index (χ0) is 25.7. The summed E-state index contributed by atoms with van der Waals surface area (Å²) in [4.78, 5) is 5.64. The lowest BCUT2D eigenvalue weighted by molar-refractivity contribution is 0.401. The summed E-state index contributed by atoms with van der Waals surface area (Å²) in [5.74, 6) is 0. The van der Waals surface area contributed by atoms with Gasteiger partial charge in [0.15, 0.2) is 5.13 Å². The molecule has 0 fully saturated rings. The second-order valence-corrected chi connectivity index (χ2v) is 11.8. The van der Waals surface area contributed by atoms with Crippen LogP contribution in [0.15, 0.2) is 120 Å². The van der Waals surface area contributed by atoms with Crippen LogP contribution in [0.3, 0.4) is 0 Å². The Hall–Kier alpha value is -3.49. The molecule has 5 aromatic rings. The van der Waals surface area contributed by atoms with Gasteiger partial charge in [-0.2, -0.15) is 4.31 Å². The molecule has 1 aromatic heterocycles. The van der Waals surface area contributed by atoms with E-state index in [1.54, 1.807) is 18.3 Å². The Balaban J connectivity index is 1.37. The van der Waals surface area contributed by atoms with Gasteiger partial charge in [0.25, 0.3) is 0 Å². The van der Waals surface area contributed by atoms with E-state index < -0.39 is 10.0 Å². The fraction of sp³-hybridized carbons (Fsp3) is 0.0690. The lowest BCUT2D eigenvalue weighted by Crippen LogP contribution is -2.30. The quantitative estimate of drug-likeness (QED) is 0.207. The molecule has 0 bridgehead atoms. The number of sulfonamides is 1. The number of rotatable bonds is 9. The van der Waals surface area contributed by atoms with E-state index in [1.165, 1.54) is 15.6 Å². The normalized spacial score (nSPS) is 11.5. The fourth-order valence-corrected chi connectivity index (χ4v) is 6.25. The molecular weight excluding hydrogens is 522 g/mol. The zero-order valence-electron chi connectivity index (χ0n) is 19.8. The molecule has 4 aromatic carbocycles. The van der Waals surface area contributed by atoms with Crippen LogP contribution < -0.4 is 5.32 Å². The van der Waals surface area contributed by atoms with E-state index >= 15 is 0 Å². The van der Waals surface area contributed by atoms with E-state index in [-0.39, 0.29) is 18.0 Å². The topological polar surface area (TPSA) is 62.3 Å². The van der Waals surface area contributed by atoms with Gasteiger partial charge in [-0.05, 0) is 53.1 Å². The van der Waals surface area contributed by atoms with Gasteiger partial charge in [0.2, 0.25) is 10.0 Å². The third-order valence-electron chi connectivity index (χ3n) is 5.78. The molecule has 0 amide bonds. The van der Waals surface area contributed by atoms with Gasteiger partial charge in [0.05, 0.1) is 9.77 Å². The first kappa shape index (κ1) is 25.2. The molecular formula is C29H24ClN3O2S2. The summed E-state index contributed by atoms with van der Waals surface area (Å²) in [5.41, 5.74) is 3.66. The van der Waals surface area contributed by atoms with Crippen molar-refractivity contribution < 1.29 is 8.42 Å². The monoisotopic (exact) mass is 545 g/mol. The number of aromatic nitrogens is 1. The first-order valence-corrected chi connectivity index (χ1v) is 14.3. The molecule has 0 aliphatic heterocycles. The number of anilines is 2. The number of hydrogen-bond acceptors (Lipinski definition) is 5. The van der Waals surface area contributed by atoms with Crippen molar-refractivity contribution in [2.75, 3.05) is 5.32 Å². The minimum absolute atomic E-state index is 0.257. The summed E-state index contributed by atoms with van der Waals surface area (Å²) in [6.07, 6.45) is 1.78. The maximum Gasteiger partial charge on any atom is 0.243 e. The Labute approximate surface area is 226 Å². The van der Waals surface area contributed by atoms with Crippen molar-refractivity contribution in [1.29, 1.82) is 0 Å². The highest BCUT2D eigenvalue weighted by molar-refractivity contribution is 7.89. The molecule has 0 spiro atoms. The predicted octanol–water partition coefficient (Wildman–Crippen LogP) is 7.60. The maximum atomic E-state index is 13.7. The number of benzene rings is 4. The van der Waals surface area contributed by atoms with Crippen molar-refractivity contribution in [1.82, 2.24) is 9.29 Å². The van der Waals surface area contributed by atoms with Gasteiger partial charge in [0.1, 0.15) is 0 Å². The molecule has 5 rings (SSSR count). The Morgan fingerprint density at radius 3 is 1.89 bits per heavy atom. The van der Waals surface area contributed by atoms with E-state index in [0.717, 1.165) is 32.4 Å². The van der Waals surface area contributed by atoms with Crippen LogP contribution in [0, 0.1) is 0 Å². The first-order chi connectivity index (χ1) is 18.0. The Kier molecular flexibility index (Phi) is 7.67. The molecule has 8 heteroatoms. The van der Waals surface area contributed by atoms with E-state index in [0.29, 0.717) is 5.02 Å². The standard InChI is InChI=1S/C29H24ClN3O2S2/c30-25-13-15-26(16-14-25)32-29-31-19-28(36-29)24-11-17-27(18-12-24)37(34,35)33(20-22-7-3-1-4-8-22)21-23-9-5-2-6-10-23/h1-19H,20-21H2,(H,31,32). The van der Waals surface area contributed by atoms with Gasteiger partial charge in [-0.15, -0.1) is 0 Å². The summed E-state index contributed by atoms with van der Waals surface area (Å²) in [6, 6.07) is 33.7. The average Bonchev–Trinajstić information content (AvgIpc) is 3.39. The fourth-order valence-electron chi connectivity index (χ4n) is 3.86. The second-order valence-electron chi connectivity index (χ2n) is 8.43. The summed E-state index contributed by atoms with van der Waals surface area (Å²) in [5, 5.41) is 4.68. The number of thiazole rings is 1. The van der Waals surface area contributed by atoms with Crippen molar-refractivity contribution in [3.8, 4) is 10.4 Å². The third-order valence-corrected chi connectivity index (χ3v) is 8.80. The zero-order valence-corrected chi connectivity index (χ0v) is 22.2. The highest BCUT2D eigenvalue weighted by Crippen LogP contribution is 2.32. The van der Waals surface area contributed by atoms with Crippen LogP contribution in [0.1, 0.15) is 11.1 Å². The van der Waals surface area contributed by atoms with E-state index in [9.17, 15) is 8.42 Å². The number of halogens is 1. The average molecular weight is 546 g/mol. The van der Waals surface area contributed by atoms with Crippen molar-refractivity contribution in [2.24, 2.45) is 0 Å². The summed E-state index contributed by atoms with van der Waals surface area (Å²) in [6.45, 7) is 0.572. The van der Waals surface area contributed by atoms with Crippen LogP contribution in [-0.4, -0.2) is 17.7 Å². The molecule has 5 nitrogen and oxygen atoms in total. The number of hydrogen-bond donors (Lipinski definition) is 1. The molecule has 37 heavy (non-hydrogen) atoms. The van der Waals surface area contributed by atoms with Crippen LogP contribution in [0.4, 0.5) is 10.8 Å². The SMILES string of the molecule is O=S(=O)(c1ccc(-c2cnc(Nc3ccc(Cl)cc3)s2)cc1)N(Cc1ccccc1)Cc1ccccc1. The smallest absolute Gasteiger partial charge is 0.243 e. The maximum absolute atomic E-state index is 13.7. The molecule has 0 saturated heterocycles. The molecule has 1 heterocycles. The molecule has 0 radical (unpaired) electrons. The van der Waals surface area contributed by atoms with Gasteiger partial charge in [-0.1, -0.05) is 95.7 Å². The third kappa shape index (κ3) is 6.26. The van der Waals surface area contributed by atoms with E-state index in [4.69, 9.17) is 11.6 Å². The molecule has 1 N–H and O–H groups in total. The second kappa shape index (κ2) is 11.3. The lowest BCUT2D eigenvalue weighted by Gasteiger charge is -2.23.